The Kier molecular flexibility index (Phi) is 5.55. The lowest BCUT2D eigenvalue weighted by molar-refractivity contribution is -0.122. The van der Waals surface area contributed by atoms with Crippen LogP contribution in [0, 0.1) is 20.8 Å². The fourth-order valence-electron chi connectivity index (χ4n) is 2.32. The lowest BCUT2D eigenvalue weighted by atomic mass is 9.96. The predicted molar refractivity (Wildman–Crippen MR) is 80.3 cm³/mol. The molecule has 0 spiro atoms. The highest BCUT2D eigenvalue weighted by atomic mass is 16.2. The smallest absolute Gasteiger partial charge is 0.236 e. The van der Waals surface area contributed by atoms with Crippen molar-refractivity contribution in [3.63, 3.8) is 0 Å². The molecule has 19 heavy (non-hydrogen) atoms. The van der Waals surface area contributed by atoms with Gasteiger partial charge >= 0.3 is 0 Å². The largest absolute Gasteiger partial charge is 0.355 e. The van der Waals surface area contributed by atoms with Crippen LogP contribution < -0.4 is 10.6 Å². The Labute approximate surface area is 116 Å². The monoisotopic (exact) mass is 262 g/mol. The van der Waals surface area contributed by atoms with Crippen molar-refractivity contribution in [1.82, 2.24) is 10.6 Å². The number of hydrogen-bond acceptors (Lipinski definition) is 2. The Morgan fingerprint density at radius 1 is 1.11 bits per heavy atom. The van der Waals surface area contributed by atoms with E-state index in [1.165, 1.54) is 22.3 Å². The highest BCUT2D eigenvalue weighted by Crippen LogP contribution is 2.21. The van der Waals surface area contributed by atoms with Crippen LogP contribution in [0.2, 0.25) is 0 Å². The first-order valence-electron chi connectivity index (χ1n) is 6.98. The van der Waals surface area contributed by atoms with Gasteiger partial charge in [0, 0.05) is 12.6 Å². The van der Waals surface area contributed by atoms with Gasteiger partial charge in [-0.15, -0.1) is 0 Å². The van der Waals surface area contributed by atoms with Gasteiger partial charge in [-0.25, -0.2) is 0 Å². The van der Waals surface area contributed by atoms with Crippen LogP contribution in [0.15, 0.2) is 12.1 Å². The molecule has 0 radical (unpaired) electrons. The number of aryl methyl sites for hydroxylation is 3. The molecule has 2 N–H and O–H groups in total. The molecule has 0 aliphatic heterocycles. The van der Waals surface area contributed by atoms with Gasteiger partial charge < -0.3 is 5.32 Å². The van der Waals surface area contributed by atoms with Gasteiger partial charge in [0.2, 0.25) is 5.91 Å². The fourth-order valence-corrected chi connectivity index (χ4v) is 2.32. The molecule has 0 saturated heterocycles. The number of nitrogens with one attached hydrogen (secondary N) is 2. The fraction of sp³-hybridized carbons (Fsp3) is 0.562. The third-order valence-electron chi connectivity index (χ3n) is 3.59. The van der Waals surface area contributed by atoms with Crippen LogP contribution in [-0.4, -0.2) is 18.5 Å². The van der Waals surface area contributed by atoms with Gasteiger partial charge in [-0.3, -0.25) is 10.1 Å². The minimum absolute atomic E-state index is 0.0517. The van der Waals surface area contributed by atoms with E-state index in [0.29, 0.717) is 6.54 Å². The molecule has 0 heterocycles. The van der Waals surface area contributed by atoms with E-state index in [2.05, 4.69) is 50.5 Å². The maximum atomic E-state index is 11.7. The SMILES string of the molecule is CCNC(=O)C(C)NC(C)c1cc(C)c(C)cc1C. The van der Waals surface area contributed by atoms with E-state index < -0.39 is 0 Å². The third-order valence-corrected chi connectivity index (χ3v) is 3.59. The van der Waals surface area contributed by atoms with Crippen molar-refractivity contribution in [2.24, 2.45) is 0 Å². The molecule has 1 amide bonds. The van der Waals surface area contributed by atoms with Crippen LogP contribution in [-0.2, 0) is 4.79 Å². The Bertz CT molecular complexity index is 454. The number of carbonyl (C=O) groups is 1. The van der Waals surface area contributed by atoms with Gasteiger partial charge in [-0.05, 0) is 63.8 Å². The summed E-state index contributed by atoms with van der Waals surface area (Å²) in [7, 11) is 0. The van der Waals surface area contributed by atoms with Crippen molar-refractivity contribution in [2.45, 2.75) is 53.6 Å². The van der Waals surface area contributed by atoms with Gasteiger partial charge in [0.05, 0.1) is 6.04 Å². The van der Waals surface area contributed by atoms with E-state index in [1.807, 2.05) is 13.8 Å². The van der Waals surface area contributed by atoms with Crippen LogP contribution >= 0.6 is 0 Å². The minimum atomic E-state index is -0.184. The molecule has 106 valence electrons. The Hall–Kier alpha value is -1.35. The number of amides is 1. The Morgan fingerprint density at radius 3 is 2.26 bits per heavy atom. The third kappa shape index (κ3) is 4.06. The second kappa shape index (κ2) is 6.71. The van der Waals surface area contributed by atoms with Gasteiger partial charge in [0.1, 0.15) is 0 Å². The molecule has 0 aromatic heterocycles. The molecule has 3 nitrogen and oxygen atoms in total. The van der Waals surface area contributed by atoms with E-state index in [-0.39, 0.29) is 18.0 Å². The van der Waals surface area contributed by atoms with Crippen molar-refractivity contribution in [1.29, 1.82) is 0 Å². The lowest BCUT2D eigenvalue weighted by Crippen LogP contribution is -2.43. The van der Waals surface area contributed by atoms with Crippen molar-refractivity contribution in [3.05, 3.63) is 34.4 Å². The molecule has 1 aromatic carbocycles. The number of carbonyl (C=O) groups excluding carboxylic acids is 1. The first-order chi connectivity index (χ1) is 8.86. The van der Waals surface area contributed by atoms with Gasteiger partial charge in [0.15, 0.2) is 0 Å². The van der Waals surface area contributed by atoms with E-state index >= 15 is 0 Å². The van der Waals surface area contributed by atoms with E-state index in [9.17, 15) is 4.79 Å². The number of hydrogen-bond donors (Lipinski definition) is 2. The number of benzene rings is 1. The zero-order chi connectivity index (χ0) is 14.6. The minimum Gasteiger partial charge on any atom is -0.355 e. The standard InChI is InChI=1S/C16H26N2O/c1-7-17-16(19)14(6)18-13(5)15-9-11(3)10(2)8-12(15)4/h8-9,13-14,18H,7H2,1-6H3,(H,17,19). The van der Waals surface area contributed by atoms with E-state index in [0.717, 1.165) is 0 Å². The van der Waals surface area contributed by atoms with E-state index in [1.54, 1.807) is 0 Å². The quantitative estimate of drug-likeness (QED) is 0.856. The number of rotatable bonds is 5. The second-order valence-electron chi connectivity index (χ2n) is 5.30. The molecule has 0 bridgehead atoms. The summed E-state index contributed by atoms with van der Waals surface area (Å²) in [5, 5.41) is 6.19. The van der Waals surface area contributed by atoms with Gasteiger partial charge in [-0.2, -0.15) is 0 Å². The highest BCUT2D eigenvalue weighted by molar-refractivity contribution is 5.81. The zero-order valence-electron chi connectivity index (χ0n) is 12.9. The molecule has 1 rings (SSSR count). The summed E-state index contributed by atoms with van der Waals surface area (Å²) in [5.74, 6) is 0.0517. The first kappa shape index (κ1) is 15.7. The average Bonchev–Trinajstić information content (AvgIpc) is 2.33. The van der Waals surface area contributed by atoms with Crippen molar-refractivity contribution in [2.75, 3.05) is 6.54 Å². The molecule has 3 heteroatoms. The predicted octanol–water partition coefficient (Wildman–Crippen LogP) is 2.79. The lowest BCUT2D eigenvalue weighted by Gasteiger charge is -2.22. The maximum absolute atomic E-state index is 11.7. The normalized spacial score (nSPS) is 14.0. The molecule has 0 saturated carbocycles. The summed E-state index contributed by atoms with van der Waals surface area (Å²) in [6, 6.07) is 4.40. The van der Waals surface area contributed by atoms with Crippen molar-refractivity contribution < 1.29 is 4.79 Å². The van der Waals surface area contributed by atoms with Crippen molar-refractivity contribution >= 4 is 5.91 Å². The van der Waals surface area contributed by atoms with Crippen molar-refractivity contribution in [3.8, 4) is 0 Å². The molecule has 0 aliphatic rings. The van der Waals surface area contributed by atoms with E-state index in [4.69, 9.17) is 0 Å². The van der Waals surface area contributed by atoms with Crippen LogP contribution in [0.4, 0.5) is 0 Å². The van der Waals surface area contributed by atoms with Gasteiger partial charge in [0.25, 0.3) is 0 Å². The zero-order valence-corrected chi connectivity index (χ0v) is 12.9. The summed E-state index contributed by atoms with van der Waals surface area (Å²) < 4.78 is 0. The van der Waals surface area contributed by atoms with Crippen LogP contribution in [0.1, 0.15) is 49.1 Å². The van der Waals surface area contributed by atoms with Crippen LogP contribution in [0.25, 0.3) is 0 Å². The molecule has 2 unspecified atom stereocenters. The summed E-state index contributed by atoms with van der Waals surface area (Å²) in [4.78, 5) is 11.7. The molecule has 2 atom stereocenters. The number of likely N-dealkylation sites (N-methyl/N-ethyl adjacent to an activating group) is 1. The first-order valence-corrected chi connectivity index (χ1v) is 6.98. The summed E-state index contributed by atoms with van der Waals surface area (Å²) in [5.41, 5.74) is 5.13. The van der Waals surface area contributed by atoms with Crippen LogP contribution in [0.3, 0.4) is 0 Å². The molecule has 1 aromatic rings. The van der Waals surface area contributed by atoms with Crippen LogP contribution in [0.5, 0.6) is 0 Å². The second-order valence-corrected chi connectivity index (χ2v) is 5.30. The topological polar surface area (TPSA) is 41.1 Å². The van der Waals surface area contributed by atoms with Gasteiger partial charge in [-0.1, -0.05) is 12.1 Å². The summed E-state index contributed by atoms with van der Waals surface area (Å²) in [6.45, 7) is 13.0. The Balaban J connectivity index is 2.81. The summed E-state index contributed by atoms with van der Waals surface area (Å²) >= 11 is 0. The molecular formula is C16H26N2O. The Morgan fingerprint density at radius 2 is 1.68 bits per heavy atom. The maximum Gasteiger partial charge on any atom is 0.236 e. The summed E-state index contributed by atoms with van der Waals surface area (Å²) in [6.07, 6.45) is 0. The average molecular weight is 262 g/mol. The highest BCUT2D eigenvalue weighted by Gasteiger charge is 2.17. The molecule has 0 fully saturated rings. The molecule has 0 aliphatic carbocycles. The molecular weight excluding hydrogens is 236 g/mol.